The van der Waals surface area contributed by atoms with Gasteiger partial charge in [-0.05, 0) is 80.1 Å². The summed E-state index contributed by atoms with van der Waals surface area (Å²) in [6, 6.07) is 18.4. The average molecular weight is 554 g/mol. The Bertz CT molecular complexity index is 1550. The third-order valence-corrected chi connectivity index (χ3v) is 8.66. The van der Waals surface area contributed by atoms with Gasteiger partial charge in [-0.25, -0.2) is 4.39 Å². The molecule has 41 heavy (non-hydrogen) atoms. The van der Waals surface area contributed by atoms with Crippen LogP contribution < -0.4 is 10.6 Å². The summed E-state index contributed by atoms with van der Waals surface area (Å²) in [6.45, 7) is 2.20. The van der Waals surface area contributed by atoms with Crippen LogP contribution in [0.5, 0.6) is 0 Å². The lowest BCUT2D eigenvalue weighted by Crippen LogP contribution is -2.46. The summed E-state index contributed by atoms with van der Waals surface area (Å²) in [5.41, 5.74) is 4.14. The van der Waals surface area contributed by atoms with E-state index in [1.807, 2.05) is 49.5 Å². The summed E-state index contributed by atoms with van der Waals surface area (Å²) >= 11 is 0. The normalized spacial score (nSPS) is 19.4. The van der Waals surface area contributed by atoms with Crippen LogP contribution in [0.3, 0.4) is 0 Å². The number of aryl methyl sites for hydroxylation is 2. The van der Waals surface area contributed by atoms with Crippen molar-refractivity contribution in [1.82, 2.24) is 14.7 Å². The predicted octanol–water partition coefficient (Wildman–Crippen LogP) is 6.61. The van der Waals surface area contributed by atoms with Crippen LogP contribution in [0.4, 0.5) is 15.8 Å². The van der Waals surface area contributed by atoms with E-state index in [0.29, 0.717) is 36.7 Å². The van der Waals surface area contributed by atoms with E-state index in [1.165, 1.54) is 31.7 Å². The van der Waals surface area contributed by atoms with Crippen LogP contribution in [0.15, 0.2) is 66.9 Å². The number of nitrogens with one attached hydrogen (secondary N) is 2. The first-order valence-electron chi connectivity index (χ1n) is 14.5. The molecule has 2 amide bonds. The number of fused-ring (bicyclic) bond motifs is 1. The van der Waals surface area contributed by atoms with Gasteiger partial charge in [-0.3, -0.25) is 14.3 Å². The Kier molecular flexibility index (Phi) is 7.47. The second-order valence-electron chi connectivity index (χ2n) is 11.4. The number of carbonyl (C=O) groups is 2. The number of aromatic nitrogens is 2. The topological polar surface area (TPSA) is 79.3 Å². The van der Waals surface area contributed by atoms with E-state index >= 15 is 0 Å². The SMILES string of the molecule is Cc1cccc(F)c1C(=O)N1CCC[C@H](C(=O)Nc2ccc3cnn(C)c3c2)[C@@H]1c1ccc(NC2CCCC2)cc1. The molecule has 0 radical (unpaired) electrons. The number of nitrogens with zero attached hydrogens (tertiary/aromatic N) is 3. The van der Waals surface area contributed by atoms with Gasteiger partial charge in [0.1, 0.15) is 5.82 Å². The van der Waals surface area contributed by atoms with Gasteiger partial charge in [0.05, 0.1) is 29.2 Å². The molecule has 1 aliphatic carbocycles. The number of rotatable bonds is 6. The van der Waals surface area contributed by atoms with Crippen molar-refractivity contribution in [3.8, 4) is 0 Å². The second-order valence-corrected chi connectivity index (χ2v) is 11.4. The summed E-state index contributed by atoms with van der Waals surface area (Å²) in [5, 5.41) is 12.0. The molecule has 0 bridgehead atoms. The van der Waals surface area contributed by atoms with Crippen LogP contribution in [0, 0.1) is 18.7 Å². The number of hydrogen-bond donors (Lipinski definition) is 2. The van der Waals surface area contributed by atoms with Gasteiger partial charge in [0.15, 0.2) is 0 Å². The van der Waals surface area contributed by atoms with Crippen molar-refractivity contribution in [2.24, 2.45) is 13.0 Å². The van der Waals surface area contributed by atoms with E-state index in [9.17, 15) is 14.0 Å². The Morgan fingerprint density at radius 2 is 1.71 bits per heavy atom. The summed E-state index contributed by atoms with van der Waals surface area (Å²) in [5.74, 6) is -1.59. The molecule has 2 fully saturated rings. The van der Waals surface area contributed by atoms with Crippen LogP contribution in [0.1, 0.15) is 66.1 Å². The molecule has 8 heteroatoms. The van der Waals surface area contributed by atoms with Gasteiger partial charge in [-0.1, -0.05) is 37.1 Å². The van der Waals surface area contributed by atoms with Crippen molar-refractivity contribution in [1.29, 1.82) is 0 Å². The molecule has 0 spiro atoms. The van der Waals surface area contributed by atoms with Gasteiger partial charge < -0.3 is 15.5 Å². The lowest BCUT2D eigenvalue weighted by molar-refractivity contribution is -0.123. The number of carbonyl (C=O) groups excluding carboxylic acids is 2. The van der Waals surface area contributed by atoms with Crippen molar-refractivity contribution < 1.29 is 14.0 Å². The highest BCUT2D eigenvalue weighted by Crippen LogP contribution is 2.39. The molecule has 212 valence electrons. The van der Waals surface area contributed by atoms with E-state index in [4.69, 9.17) is 0 Å². The number of piperidine rings is 1. The Labute approximate surface area is 239 Å². The van der Waals surface area contributed by atoms with E-state index in [0.717, 1.165) is 22.2 Å². The maximum Gasteiger partial charge on any atom is 0.257 e. The highest BCUT2D eigenvalue weighted by Gasteiger charge is 2.40. The van der Waals surface area contributed by atoms with E-state index in [1.54, 1.807) is 34.8 Å². The van der Waals surface area contributed by atoms with Crippen molar-refractivity contribution >= 4 is 34.1 Å². The van der Waals surface area contributed by atoms with Crippen LogP contribution >= 0.6 is 0 Å². The monoisotopic (exact) mass is 553 g/mol. The molecule has 3 aromatic carbocycles. The zero-order chi connectivity index (χ0) is 28.5. The standard InChI is InChI=1S/C33H36FN5O2/c1-21-7-5-11-28(34)30(21)33(41)39-18-6-10-27(32(40)37-26-17-14-23-20-35-38(2)29(23)19-26)31(39)22-12-15-25(16-13-22)36-24-8-3-4-9-24/h5,7,11-17,19-20,24,27,31,36H,3-4,6,8-10,18H2,1-2H3,(H,37,40)/t27-,31-/m0/s1. The molecule has 1 saturated heterocycles. The third-order valence-electron chi connectivity index (χ3n) is 8.66. The van der Waals surface area contributed by atoms with Crippen molar-refractivity contribution in [3.63, 3.8) is 0 Å². The van der Waals surface area contributed by atoms with Gasteiger partial charge in [0, 0.05) is 36.4 Å². The minimum absolute atomic E-state index is 0.0692. The first-order valence-corrected chi connectivity index (χ1v) is 14.5. The summed E-state index contributed by atoms with van der Waals surface area (Å²) < 4.78 is 16.7. The Morgan fingerprint density at radius 1 is 0.951 bits per heavy atom. The predicted molar refractivity (Wildman–Crippen MR) is 159 cm³/mol. The Hall–Kier alpha value is -4.20. The quantitative estimate of drug-likeness (QED) is 0.282. The fourth-order valence-electron chi connectivity index (χ4n) is 6.50. The van der Waals surface area contributed by atoms with Gasteiger partial charge >= 0.3 is 0 Å². The fraction of sp³-hybridized carbons (Fsp3) is 0.364. The van der Waals surface area contributed by atoms with Crippen molar-refractivity contribution in [2.75, 3.05) is 17.2 Å². The summed E-state index contributed by atoms with van der Waals surface area (Å²) in [7, 11) is 1.87. The van der Waals surface area contributed by atoms with Crippen LogP contribution in [0.25, 0.3) is 10.9 Å². The molecular weight excluding hydrogens is 517 g/mol. The molecule has 2 N–H and O–H groups in total. The lowest BCUT2D eigenvalue weighted by Gasteiger charge is -2.41. The van der Waals surface area contributed by atoms with E-state index in [2.05, 4.69) is 15.7 Å². The molecule has 7 nitrogen and oxygen atoms in total. The largest absolute Gasteiger partial charge is 0.382 e. The third kappa shape index (κ3) is 5.43. The van der Waals surface area contributed by atoms with Crippen LogP contribution in [-0.2, 0) is 11.8 Å². The van der Waals surface area contributed by atoms with E-state index < -0.39 is 17.8 Å². The number of benzene rings is 3. The van der Waals surface area contributed by atoms with Crippen LogP contribution in [0.2, 0.25) is 0 Å². The molecule has 4 aromatic rings. The highest BCUT2D eigenvalue weighted by molar-refractivity contribution is 5.98. The molecule has 1 aliphatic heterocycles. The lowest BCUT2D eigenvalue weighted by atomic mass is 9.83. The van der Waals surface area contributed by atoms with Crippen molar-refractivity contribution in [3.05, 3.63) is 89.4 Å². The molecule has 0 unspecified atom stereocenters. The highest BCUT2D eigenvalue weighted by atomic mass is 19.1. The first-order chi connectivity index (χ1) is 19.9. The number of anilines is 2. The zero-order valence-electron chi connectivity index (χ0n) is 23.6. The molecule has 6 rings (SSSR count). The molecule has 2 aliphatic rings. The van der Waals surface area contributed by atoms with Gasteiger partial charge in [0.25, 0.3) is 5.91 Å². The molecule has 2 atom stereocenters. The number of amides is 2. The Balaban J connectivity index is 1.33. The molecule has 1 saturated carbocycles. The second kappa shape index (κ2) is 11.4. The zero-order valence-corrected chi connectivity index (χ0v) is 23.6. The fourth-order valence-corrected chi connectivity index (χ4v) is 6.50. The summed E-state index contributed by atoms with van der Waals surface area (Å²) in [4.78, 5) is 29.5. The maximum absolute atomic E-state index is 15.0. The minimum atomic E-state index is -0.541. The van der Waals surface area contributed by atoms with Crippen LogP contribution in [-0.4, -0.2) is 39.1 Å². The maximum atomic E-state index is 15.0. The summed E-state index contributed by atoms with van der Waals surface area (Å²) in [6.07, 6.45) is 7.88. The number of halogens is 1. The minimum Gasteiger partial charge on any atom is -0.382 e. The molecule has 2 heterocycles. The Morgan fingerprint density at radius 3 is 2.46 bits per heavy atom. The van der Waals surface area contributed by atoms with Gasteiger partial charge in [-0.15, -0.1) is 0 Å². The number of likely N-dealkylation sites (tertiary alicyclic amines) is 1. The van der Waals surface area contributed by atoms with Crippen molar-refractivity contribution in [2.45, 2.75) is 57.5 Å². The molecular formula is C33H36FN5O2. The first kappa shape index (κ1) is 27.0. The number of hydrogen-bond acceptors (Lipinski definition) is 4. The average Bonchev–Trinajstić information content (AvgIpc) is 3.62. The van der Waals surface area contributed by atoms with Gasteiger partial charge in [0.2, 0.25) is 5.91 Å². The molecule has 1 aromatic heterocycles. The van der Waals surface area contributed by atoms with E-state index in [-0.39, 0.29) is 17.4 Å². The van der Waals surface area contributed by atoms with Gasteiger partial charge in [-0.2, -0.15) is 5.10 Å². The smallest absolute Gasteiger partial charge is 0.257 e.